The van der Waals surface area contributed by atoms with E-state index in [1.807, 2.05) is 0 Å². The molecule has 18 heavy (non-hydrogen) atoms. The molecule has 0 saturated heterocycles. The van der Waals surface area contributed by atoms with Crippen LogP contribution >= 0.6 is 0 Å². The summed E-state index contributed by atoms with van der Waals surface area (Å²) in [6.07, 6.45) is 0. The van der Waals surface area contributed by atoms with E-state index in [4.69, 9.17) is 16.2 Å². The fraction of sp³-hybridized carbons (Fsp3) is 0.0714. The Kier molecular flexibility index (Phi) is 2.93. The molecule has 2 aromatic rings. The molecule has 0 aliphatic heterocycles. The van der Waals surface area contributed by atoms with Gasteiger partial charge in [0.15, 0.2) is 0 Å². The quantitative estimate of drug-likeness (QED) is 0.367. The van der Waals surface area contributed by atoms with Crippen LogP contribution in [0.25, 0.3) is 10.8 Å². The number of benzene rings is 2. The van der Waals surface area contributed by atoms with Gasteiger partial charge >= 0.3 is 5.97 Å². The Morgan fingerprint density at radius 2 is 1.72 bits per heavy atom. The molecule has 2 rings (SSSR count). The molecular weight excluding hydrogens is 228 g/mol. The maximum atomic E-state index is 11.4. The second-order valence-corrected chi connectivity index (χ2v) is 4.12. The Morgan fingerprint density at radius 3 is 2.33 bits per heavy atom. The summed E-state index contributed by atoms with van der Waals surface area (Å²) < 4.78 is 5.14. The smallest absolute Gasteiger partial charge is 0.338 e. The van der Waals surface area contributed by atoms with Gasteiger partial charge in [0, 0.05) is 27.7 Å². The second-order valence-electron chi connectivity index (χ2n) is 4.12. The summed E-state index contributed by atoms with van der Waals surface area (Å²) >= 11 is 0. The van der Waals surface area contributed by atoms with Crippen LogP contribution in [0.15, 0.2) is 42.5 Å². The van der Waals surface area contributed by atoms with Gasteiger partial charge in [-0.05, 0) is 37.3 Å². The van der Waals surface area contributed by atoms with Crippen molar-refractivity contribution in [3.05, 3.63) is 42.5 Å². The van der Waals surface area contributed by atoms with Crippen LogP contribution in [0.4, 0.5) is 11.4 Å². The maximum absolute atomic E-state index is 11.4. The van der Waals surface area contributed by atoms with Crippen molar-refractivity contribution in [3.8, 4) is 5.75 Å². The largest absolute Gasteiger partial charge is 0.423 e. The zero-order valence-corrected chi connectivity index (χ0v) is 10.1. The highest BCUT2D eigenvalue weighted by atomic mass is 16.5. The van der Waals surface area contributed by atoms with Gasteiger partial charge in [-0.3, -0.25) is 0 Å². The molecule has 0 aliphatic rings. The van der Waals surface area contributed by atoms with Crippen molar-refractivity contribution in [1.29, 1.82) is 0 Å². The molecule has 4 N–H and O–H groups in total. The van der Waals surface area contributed by atoms with Crippen molar-refractivity contribution in [2.24, 2.45) is 0 Å². The van der Waals surface area contributed by atoms with Crippen LogP contribution < -0.4 is 16.2 Å². The summed E-state index contributed by atoms with van der Waals surface area (Å²) in [6, 6.07) is 8.63. The molecule has 0 aromatic heterocycles. The number of ether oxygens (including phenoxy) is 1. The topological polar surface area (TPSA) is 78.3 Å². The van der Waals surface area contributed by atoms with Crippen LogP contribution in [0.2, 0.25) is 0 Å². The van der Waals surface area contributed by atoms with Gasteiger partial charge in [0.2, 0.25) is 0 Å². The molecule has 4 heteroatoms. The van der Waals surface area contributed by atoms with Crippen LogP contribution in [0.5, 0.6) is 5.75 Å². The van der Waals surface area contributed by atoms with Gasteiger partial charge in [0.1, 0.15) is 5.75 Å². The average Bonchev–Trinajstić information content (AvgIpc) is 2.34. The molecule has 0 spiro atoms. The Morgan fingerprint density at radius 1 is 1.11 bits per heavy atom. The van der Waals surface area contributed by atoms with E-state index in [0.717, 1.165) is 10.8 Å². The van der Waals surface area contributed by atoms with Gasteiger partial charge < -0.3 is 16.2 Å². The fourth-order valence-corrected chi connectivity index (χ4v) is 1.63. The molecule has 0 amide bonds. The van der Waals surface area contributed by atoms with Gasteiger partial charge in [-0.25, -0.2) is 4.79 Å². The zero-order chi connectivity index (χ0) is 13.3. The summed E-state index contributed by atoms with van der Waals surface area (Å²) in [6.45, 7) is 5.12. The molecule has 0 fully saturated rings. The third kappa shape index (κ3) is 2.13. The summed E-state index contributed by atoms with van der Waals surface area (Å²) in [5.74, 6) is -0.0374. The Hall–Kier alpha value is -2.49. The van der Waals surface area contributed by atoms with Crippen molar-refractivity contribution in [2.75, 3.05) is 11.5 Å². The number of nitrogens with two attached hydrogens (primary N) is 2. The number of fused-ring (bicyclic) bond motifs is 1. The Bertz CT molecular complexity index is 648. The van der Waals surface area contributed by atoms with E-state index in [9.17, 15) is 4.79 Å². The lowest BCUT2D eigenvalue weighted by molar-refractivity contribution is -0.130. The minimum Gasteiger partial charge on any atom is -0.423 e. The van der Waals surface area contributed by atoms with Crippen molar-refractivity contribution in [3.63, 3.8) is 0 Å². The van der Waals surface area contributed by atoms with Crippen molar-refractivity contribution < 1.29 is 9.53 Å². The first kappa shape index (κ1) is 12.0. The first-order valence-corrected chi connectivity index (χ1v) is 5.44. The summed E-state index contributed by atoms with van der Waals surface area (Å²) in [5, 5.41) is 1.60. The third-order valence-corrected chi connectivity index (χ3v) is 2.61. The van der Waals surface area contributed by atoms with Crippen LogP contribution in [0, 0.1) is 0 Å². The molecule has 0 heterocycles. The first-order chi connectivity index (χ1) is 8.49. The van der Waals surface area contributed by atoms with Crippen LogP contribution in [-0.4, -0.2) is 5.97 Å². The summed E-state index contributed by atoms with van der Waals surface area (Å²) in [7, 11) is 0. The number of hydrogen-bond donors (Lipinski definition) is 2. The zero-order valence-electron chi connectivity index (χ0n) is 10.1. The lowest BCUT2D eigenvalue weighted by Gasteiger charge is -2.08. The second kappa shape index (κ2) is 4.41. The number of hydrogen-bond acceptors (Lipinski definition) is 4. The van der Waals surface area contributed by atoms with Crippen LogP contribution in [0.3, 0.4) is 0 Å². The molecule has 92 valence electrons. The van der Waals surface area contributed by atoms with E-state index in [-0.39, 0.29) is 0 Å². The fourth-order valence-electron chi connectivity index (χ4n) is 1.63. The summed E-state index contributed by atoms with van der Waals surface area (Å²) in [4.78, 5) is 11.4. The highest BCUT2D eigenvalue weighted by molar-refractivity contribution is 6.01. The van der Waals surface area contributed by atoms with Crippen LogP contribution in [0.1, 0.15) is 6.92 Å². The molecule has 4 nitrogen and oxygen atoms in total. The minimum absolute atomic E-state index is 0.343. The predicted molar refractivity (Wildman–Crippen MR) is 73.2 cm³/mol. The van der Waals surface area contributed by atoms with Gasteiger partial charge in [0.25, 0.3) is 0 Å². The minimum atomic E-state index is -0.461. The molecule has 0 radical (unpaired) electrons. The maximum Gasteiger partial charge on any atom is 0.338 e. The van der Waals surface area contributed by atoms with Crippen molar-refractivity contribution in [2.45, 2.75) is 6.92 Å². The van der Waals surface area contributed by atoms with Crippen molar-refractivity contribution in [1.82, 2.24) is 0 Å². The van der Waals surface area contributed by atoms with E-state index in [1.54, 1.807) is 37.3 Å². The van der Waals surface area contributed by atoms with Crippen LogP contribution in [-0.2, 0) is 4.79 Å². The van der Waals surface area contributed by atoms with Gasteiger partial charge in [-0.2, -0.15) is 0 Å². The van der Waals surface area contributed by atoms with Gasteiger partial charge in [-0.1, -0.05) is 6.58 Å². The number of nitrogen functional groups attached to an aromatic ring is 2. The molecule has 0 atom stereocenters. The third-order valence-electron chi connectivity index (χ3n) is 2.61. The molecule has 0 saturated carbocycles. The number of carbonyl (C=O) groups is 1. The standard InChI is InChI=1S/C14H14N2O2/c1-8(2)14(17)18-9-3-4-10-11(7-9)13(16)6-5-12(10)15/h3-7H,1,15-16H2,2H3. The van der Waals surface area contributed by atoms with Crippen molar-refractivity contribution >= 4 is 28.1 Å². The number of esters is 1. The highest BCUT2D eigenvalue weighted by Crippen LogP contribution is 2.30. The Balaban J connectivity index is 2.47. The molecule has 2 aromatic carbocycles. The number of rotatable bonds is 2. The van der Waals surface area contributed by atoms with E-state index >= 15 is 0 Å². The molecular formula is C14H14N2O2. The first-order valence-electron chi connectivity index (χ1n) is 5.44. The number of anilines is 2. The highest BCUT2D eigenvalue weighted by Gasteiger charge is 2.08. The molecule has 0 unspecified atom stereocenters. The van der Waals surface area contributed by atoms with E-state index in [2.05, 4.69) is 6.58 Å². The SMILES string of the molecule is C=C(C)C(=O)Oc1ccc2c(N)ccc(N)c2c1. The average molecular weight is 242 g/mol. The van der Waals surface area contributed by atoms with Gasteiger partial charge in [-0.15, -0.1) is 0 Å². The number of carbonyl (C=O) groups excluding carboxylic acids is 1. The lowest BCUT2D eigenvalue weighted by atomic mass is 10.1. The monoisotopic (exact) mass is 242 g/mol. The lowest BCUT2D eigenvalue weighted by Crippen LogP contribution is -2.08. The van der Waals surface area contributed by atoms with E-state index < -0.39 is 5.97 Å². The normalized spacial score (nSPS) is 10.3. The van der Waals surface area contributed by atoms with E-state index in [0.29, 0.717) is 22.7 Å². The molecule has 0 aliphatic carbocycles. The van der Waals surface area contributed by atoms with Gasteiger partial charge in [0.05, 0.1) is 0 Å². The predicted octanol–water partition coefficient (Wildman–Crippen LogP) is 2.49. The van der Waals surface area contributed by atoms with E-state index in [1.165, 1.54) is 0 Å². The molecule has 0 bridgehead atoms. The Labute approximate surface area is 105 Å². The summed E-state index contributed by atoms with van der Waals surface area (Å²) in [5.41, 5.74) is 13.3.